The summed E-state index contributed by atoms with van der Waals surface area (Å²) in [7, 11) is 0. The zero-order valence-electron chi connectivity index (χ0n) is 14.3. The van der Waals surface area contributed by atoms with Gasteiger partial charge in [-0.05, 0) is 51.8 Å². The van der Waals surface area contributed by atoms with Crippen LogP contribution in [0.15, 0.2) is 18.3 Å². The molecule has 0 spiro atoms. The second kappa shape index (κ2) is 9.73. The fourth-order valence-electron chi connectivity index (χ4n) is 2.96. The van der Waals surface area contributed by atoms with Crippen molar-refractivity contribution in [2.75, 3.05) is 24.5 Å². The first-order valence-corrected chi connectivity index (χ1v) is 8.35. The van der Waals surface area contributed by atoms with E-state index in [0.29, 0.717) is 12.6 Å². The number of amides is 1. The fraction of sp³-hybridized carbons (Fsp3) is 0.647. The molecule has 23 heavy (non-hydrogen) atoms. The summed E-state index contributed by atoms with van der Waals surface area (Å²) >= 11 is 0. The van der Waals surface area contributed by atoms with E-state index >= 15 is 0 Å². The van der Waals surface area contributed by atoms with E-state index in [-0.39, 0.29) is 24.2 Å². The van der Waals surface area contributed by atoms with Crippen molar-refractivity contribution in [3.05, 3.63) is 23.9 Å². The van der Waals surface area contributed by atoms with Crippen molar-refractivity contribution in [1.82, 2.24) is 15.6 Å². The van der Waals surface area contributed by atoms with Gasteiger partial charge in [0.2, 0.25) is 5.91 Å². The predicted octanol–water partition coefficient (Wildman–Crippen LogP) is 2.35. The summed E-state index contributed by atoms with van der Waals surface area (Å²) in [6.45, 7) is 9.77. The van der Waals surface area contributed by atoms with E-state index in [0.717, 1.165) is 43.9 Å². The molecule has 0 bridgehead atoms. The van der Waals surface area contributed by atoms with Crippen LogP contribution in [0, 0.1) is 5.92 Å². The lowest BCUT2D eigenvalue weighted by atomic mass is 9.92. The van der Waals surface area contributed by atoms with Gasteiger partial charge in [-0.25, -0.2) is 4.98 Å². The molecule has 6 heteroatoms. The molecule has 0 radical (unpaired) electrons. The second-order valence-electron chi connectivity index (χ2n) is 5.99. The Balaban J connectivity index is 0.00000264. The van der Waals surface area contributed by atoms with E-state index in [4.69, 9.17) is 0 Å². The van der Waals surface area contributed by atoms with Gasteiger partial charge in [0, 0.05) is 37.8 Å². The van der Waals surface area contributed by atoms with Crippen LogP contribution in [0.3, 0.4) is 0 Å². The Labute approximate surface area is 145 Å². The number of pyridine rings is 1. The zero-order chi connectivity index (χ0) is 15.9. The molecule has 1 amide bonds. The zero-order valence-corrected chi connectivity index (χ0v) is 15.2. The molecule has 2 N–H and O–H groups in total. The molecule has 0 aliphatic carbocycles. The Bertz CT molecular complexity index is 476. The van der Waals surface area contributed by atoms with E-state index in [9.17, 15) is 4.79 Å². The normalized spacial score (nSPS) is 20.5. The van der Waals surface area contributed by atoms with E-state index in [1.54, 1.807) is 0 Å². The molecular formula is C17H29ClN4O. The van der Waals surface area contributed by atoms with Crippen molar-refractivity contribution in [2.45, 2.75) is 46.2 Å². The third kappa shape index (κ3) is 5.66. The van der Waals surface area contributed by atoms with Crippen LogP contribution in [-0.4, -0.2) is 36.6 Å². The van der Waals surface area contributed by atoms with Gasteiger partial charge in [-0.2, -0.15) is 0 Å². The van der Waals surface area contributed by atoms with Crippen molar-refractivity contribution in [1.29, 1.82) is 0 Å². The summed E-state index contributed by atoms with van der Waals surface area (Å²) in [5.41, 5.74) is 1.05. The molecular weight excluding hydrogens is 312 g/mol. The molecule has 2 rings (SSSR count). The standard InChI is InChI=1S/C17H28N4O.ClH/c1-4-21(5-2)16-7-6-14(11-19-16)12-20-17(22)15-8-9-18-13(3)10-15;/h6-7,11,13,15,18H,4-5,8-10,12H2,1-3H3,(H,20,22);1H/t13-,15-;/m0./s1. The molecule has 1 saturated heterocycles. The molecule has 0 unspecified atom stereocenters. The van der Waals surface area contributed by atoms with Gasteiger partial charge in [-0.15, -0.1) is 12.4 Å². The molecule has 2 atom stereocenters. The van der Waals surface area contributed by atoms with Crippen molar-refractivity contribution in [3.8, 4) is 0 Å². The first kappa shape index (κ1) is 19.7. The molecule has 0 aromatic carbocycles. The Kier molecular flexibility index (Phi) is 8.34. The van der Waals surface area contributed by atoms with E-state index in [1.807, 2.05) is 18.3 Å². The largest absolute Gasteiger partial charge is 0.357 e. The number of nitrogens with zero attached hydrogens (tertiary/aromatic N) is 2. The van der Waals surface area contributed by atoms with Crippen LogP contribution in [0.2, 0.25) is 0 Å². The lowest BCUT2D eigenvalue weighted by Crippen LogP contribution is -2.42. The first-order valence-electron chi connectivity index (χ1n) is 8.35. The van der Waals surface area contributed by atoms with Crippen LogP contribution < -0.4 is 15.5 Å². The van der Waals surface area contributed by atoms with Crippen LogP contribution in [0.1, 0.15) is 39.2 Å². The maximum absolute atomic E-state index is 12.2. The maximum atomic E-state index is 12.2. The van der Waals surface area contributed by atoms with Gasteiger partial charge in [0.05, 0.1) is 0 Å². The molecule has 130 valence electrons. The second-order valence-corrected chi connectivity index (χ2v) is 5.99. The van der Waals surface area contributed by atoms with Crippen molar-refractivity contribution in [2.24, 2.45) is 5.92 Å². The minimum Gasteiger partial charge on any atom is -0.357 e. The fourth-order valence-corrected chi connectivity index (χ4v) is 2.96. The monoisotopic (exact) mass is 340 g/mol. The van der Waals surface area contributed by atoms with Crippen molar-refractivity contribution in [3.63, 3.8) is 0 Å². The molecule has 0 saturated carbocycles. The summed E-state index contributed by atoms with van der Waals surface area (Å²) in [5, 5.41) is 6.42. The molecule has 1 fully saturated rings. The van der Waals surface area contributed by atoms with Gasteiger partial charge in [0.1, 0.15) is 5.82 Å². The van der Waals surface area contributed by atoms with Crippen LogP contribution in [-0.2, 0) is 11.3 Å². The number of piperidine rings is 1. The molecule has 1 aromatic rings. The minimum atomic E-state index is 0. The number of carbonyl (C=O) groups excluding carboxylic acids is 1. The molecule has 5 nitrogen and oxygen atoms in total. The van der Waals surface area contributed by atoms with E-state index in [1.165, 1.54) is 0 Å². The highest BCUT2D eigenvalue weighted by molar-refractivity contribution is 5.85. The highest BCUT2D eigenvalue weighted by Gasteiger charge is 2.24. The summed E-state index contributed by atoms with van der Waals surface area (Å²) in [6.07, 6.45) is 3.71. The Morgan fingerprint density at radius 1 is 1.39 bits per heavy atom. The van der Waals surface area contributed by atoms with Crippen molar-refractivity contribution < 1.29 is 4.79 Å². The summed E-state index contributed by atoms with van der Waals surface area (Å²) in [5.74, 6) is 1.30. The van der Waals surface area contributed by atoms with Crippen LogP contribution in [0.25, 0.3) is 0 Å². The number of aromatic nitrogens is 1. The third-order valence-electron chi connectivity index (χ3n) is 4.36. The Morgan fingerprint density at radius 3 is 2.70 bits per heavy atom. The lowest BCUT2D eigenvalue weighted by molar-refractivity contribution is -0.126. The average molecular weight is 341 g/mol. The number of hydrogen-bond donors (Lipinski definition) is 2. The number of rotatable bonds is 6. The van der Waals surface area contributed by atoms with Crippen LogP contribution >= 0.6 is 12.4 Å². The Morgan fingerprint density at radius 2 is 2.13 bits per heavy atom. The molecule has 1 aliphatic rings. The maximum Gasteiger partial charge on any atom is 0.223 e. The van der Waals surface area contributed by atoms with Crippen molar-refractivity contribution >= 4 is 24.1 Å². The molecule has 2 heterocycles. The highest BCUT2D eigenvalue weighted by Crippen LogP contribution is 2.16. The predicted molar refractivity (Wildman–Crippen MR) is 97.1 cm³/mol. The smallest absolute Gasteiger partial charge is 0.223 e. The molecule has 1 aromatic heterocycles. The summed E-state index contributed by atoms with van der Waals surface area (Å²) < 4.78 is 0. The number of nitrogens with one attached hydrogen (secondary N) is 2. The average Bonchev–Trinajstić information content (AvgIpc) is 2.55. The van der Waals surface area contributed by atoms with E-state index in [2.05, 4.69) is 41.3 Å². The topological polar surface area (TPSA) is 57.3 Å². The van der Waals surface area contributed by atoms with Crippen LogP contribution in [0.4, 0.5) is 5.82 Å². The third-order valence-corrected chi connectivity index (χ3v) is 4.36. The number of hydrogen-bond acceptors (Lipinski definition) is 4. The highest BCUT2D eigenvalue weighted by atomic mass is 35.5. The van der Waals surface area contributed by atoms with Gasteiger partial charge in [-0.1, -0.05) is 6.07 Å². The number of anilines is 1. The van der Waals surface area contributed by atoms with Gasteiger partial charge >= 0.3 is 0 Å². The summed E-state index contributed by atoms with van der Waals surface area (Å²) in [6, 6.07) is 4.51. The van der Waals surface area contributed by atoms with Gasteiger partial charge in [0.25, 0.3) is 0 Å². The molecule has 1 aliphatic heterocycles. The first-order chi connectivity index (χ1) is 10.6. The number of carbonyl (C=O) groups is 1. The number of halogens is 1. The van der Waals surface area contributed by atoms with Gasteiger partial charge < -0.3 is 15.5 Å². The minimum absolute atomic E-state index is 0. The lowest BCUT2D eigenvalue weighted by Gasteiger charge is -2.27. The van der Waals surface area contributed by atoms with Gasteiger partial charge in [-0.3, -0.25) is 4.79 Å². The SMILES string of the molecule is CCN(CC)c1ccc(CNC(=O)[C@H]2CCN[C@@H](C)C2)cn1.Cl. The summed E-state index contributed by atoms with van der Waals surface area (Å²) in [4.78, 5) is 18.9. The van der Waals surface area contributed by atoms with Gasteiger partial charge in [0.15, 0.2) is 0 Å². The quantitative estimate of drug-likeness (QED) is 0.834. The Hall–Kier alpha value is -1.33. The van der Waals surface area contributed by atoms with E-state index < -0.39 is 0 Å². The van der Waals surface area contributed by atoms with Crippen LogP contribution in [0.5, 0.6) is 0 Å².